The number of anilines is 1. The average Bonchev–Trinajstić information content (AvgIpc) is 2.30. The summed E-state index contributed by atoms with van der Waals surface area (Å²) in [6, 6.07) is 11.4. The van der Waals surface area contributed by atoms with Gasteiger partial charge in [0.15, 0.2) is 0 Å². The Labute approximate surface area is 114 Å². The summed E-state index contributed by atoms with van der Waals surface area (Å²) in [5.41, 5.74) is 7.35. The fourth-order valence-corrected chi connectivity index (χ4v) is 2.65. The maximum atomic E-state index is 5.99. The van der Waals surface area contributed by atoms with Crippen molar-refractivity contribution in [2.45, 2.75) is 10.6 Å². The molecule has 0 saturated heterocycles. The number of benzene rings is 1. The number of thioether (sulfide) groups is 1. The summed E-state index contributed by atoms with van der Waals surface area (Å²) in [6.07, 6.45) is 0. The first-order valence-corrected chi connectivity index (χ1v) is 6.68. The van der Waals surface area contributed by atoms with E-state index in [1.54, 1.807) is 17.8 Å². The van der Waals surface area contributed by atoms with Gasteiger partial charge in [-0.15, -0.1) is 11.8 Å². The molecule has 0 spiro atoms. The molecule has 0 saturated carbocycles. The molecule has 2 nitrogen and oxygen atoms in total. The molecule has 0 atom stereocenters. The lowest BCUT2D eigenvalue weighted by atomic mass is 10.3. The third-order valence-corrected chi connectivity index (χ3v) is 3.77. The van der Waals surface area contributed by atoms with Gasteiger partial charge in [0.2, 0.25) is 0 Å². The summed E-state index contributed by atoms with van der Waals surface area (Å²) in [4.78, 5) is 5.14. The van der Waals surface area contributed by atoms with Gasteiger partial charge >= 0.3 is 0 Å². The van der Waals surface area contributed by atoms with Gasteiger partial charge in [-0.05, 0) is 35.9 Å². The lowest BCUT2D eigenvalue weighted by Gasteiger charge is -2.04. The quantitative estimate of drug-likeness (QED) is 0.520. The monoisotopic (exact) mass is 284 g/mol. The van der Waals surface area contributed by atoms with Gasteiger partial charge in [0, 0.05) is 16.3 Å². The number of aromatic nitrogens is 1. The zero-order chi connectivity index (χ0) is 12.3. The van der Waals surface area contributed by atoms with E-state index in [4.69, 9.17) is 28.9 Å². The van der Waals surface area contributed by atoms with Crippen LogP contribution in [0.5, 0.6) is 0 Å². The second-order valence-corrected chi connectivity index (χ2v) is 5.24. The van der Waals surface area contributed by atoms with Crippen molar-refractivity contribution < 1.29 is 0 Å². The predicted octanol–water partition coefficient (Wildman–Crippen LogP) is 4.26. The second kappa shape index (κ2) is 5.63. The zero-order valence-electron chi connectivity index (χ0n) is 8.86. The number of nitrogens with zero attached hydrogens (tertiary/aromatic N) is 1. The summed E-state index contributed by atoms with van der Waals surface area (Å²) in [7, 11) is 0. The molecule has 0 radical (unpaired) electrons. The Morgan fingerprint density at radius 3 is 2.41 bits per heavy atom. The summed E-state index contributed by atoms with van der Waals surface area (Å²) in [6.45, 7) is 0. The largest absolute Gasteiger partial charge is 0.399 e. The van der Waals surface area contributed by atoms with Crippen LogP contribution >= 0.6 is 35.0 Å². The molecule has 0 unspecified atom stereocenters. The van der Waals surface area contributed by atoms with Crippen LogP contribution in [0, 0.1) is 0 Å². The van der Waals surface area contributed by atoms with Crippen LogP contribution in [0.3, 0.4) is 0 Å². The molecular formula is C12H10Cl2N2S. The van der Waals surface area contributed by atoms with Gasteiger partial charge in [0.05, 0.1) is 0 Å². The smallest absolute Gasteiger partial charge is 0.134 e. The minimum atomic E-state index is 0.413. The Balaban J connectivity index is 2.04. The van der Waals surface area contributed by atoms with Crippen LogP contribution in [0.1, 0.15) is 5.56 Å². The molecule has 88 valence electrons. The predicted molar refractivity (Wildman–Crippen MR) is 74.7 cm³/mol. The number of pyridine rings is 1. The maximum Gasteiger partial charge on any atom is 0.134 e. The van der Waals surface area contributed by atoms with E-state index >= 15 is 0 Å². The fraction of sp³-hybridized carbons (Fsp3) is 0.0833. The molecule has 2 aromatic rings. The first-order chi connectivity index (χ1) is 8.15. The van der Waals surface area contributed by atoms with Gasteiger partial charge in [-0.1, -0.05) is 29.3 Å². The summed E-state index contributed by atoms with van der Waals surface area (Å²) < 4.78 is 0. The van der Waals surface area contributed by atoms with Crippen molar-refractivity contribution in [2.75, 3.05) is 5.73 Å². The highest BCUT2D eigenvalue weighted by Gasteiger charge is 2.03. The highest BCUT2D eigenvalue weighted by molar-refractivity contribution is 7.98. The van der Waals surface area contributed by atoms with E-state index in [1.807, 2.05) is 30.3 Å². The third kappa shape index (κ3) is 3.53. The first kappa shape index (κ1) is 12.6. The summed E-state index contributed by atoms with van der Waals surface area (Å²) in [5.74, 6) is 0.757. The Kier molecular flexibility index (Phi) is 4.15. The number of nitrogen functional groups attached to an aromatic ring is 1. The van der Waals surface area contributed by atoms with Gasteiger partial charge in [-0.25, -0.2) is 4.98 Å². The maximum absolute atomic E-state index is 5.99. The van der Waals surface area contributed by atoms with Crippen LogP contribution in [0.15, 0.2) is 41.3 Å². The molecule has 0 bridgehead atoms. The van der Waals surface area contributed by atoms with Gasteiger partial charge < -0.3 is 5.73 Å². The molecule has 1 aromatic heterocycles. The standard InChI is InChI=1S/C12H10Cl2N2S/c13-11-6-1-8(12(14)16-11)7-17-10-4-2-9(15)3-5-10/h1-6H,7,15H2. The van der Waals surface area contributed by atoms with E-state index in [2.05, 4.69) is 4.98 Å². The van der Waals surface area contributed by atoms with E-state index in [9.17, 15) is 0 Å². The molecule has 2 N–H and O–H groups in total. The van der Waals surface area contributed by atoms with Gasteiger partial charge in [0.1, 0.15) is 10.3 Å². The van der Waals surface area contributed by atoms with E-state index in [0.717, 1.165) is 21.9 Å². The van der Waals surface area contributed by atoms with Crippen LogP contribution in [0.4, 0.5) is 5.69 Å². The van der Waals surface area contributed by atoms with Gasteiger partial charge in [-0.2, -0.15) is 0 Å². The van der Waals surface area contributed by atoms with Crippen molar-refractivity contribution in [1.82, 2.24) is 4.98 Å². The second-order valence-electron chi connectivity index (χ2n) is 3.44. The normalized spacial score (nSPS) is 10.5. The van der Waals surface area contributed by atoms with Crippen molar-refractivity contribution >= 4 is 40.7 Å². The van der Waals surface area contributed by atoms with Crippen LogP contribution in [-0.2, 0) is 5.75 Å². The minimum absolute atomic E-state index is 0.413. The Bertz CT molecular complexity index is 514. The van der Waals surface area contributed by atoms with Gasteiger partial charge in [0.25, 0.3) is 0 Å². The molecule has 17 heavy (non-hydrogen) atoms. The molecule has 0 fully saturated rings. The molecule has 0 aliphatic carbocycles. The van der Waals surface area contributed by atoms with Crippen LogP contribution < -0.4 is 5.73 Å². The Morgan fingerprint density at radius 1 is 1.06 bits per heavy atom. The van der Waals surface area contributed by atoms with Crippen LogP contribution in [-0.4, -0.2) is 4.98 Å². The number of nitrogens with two attached hydrogens (primary N) is 1. The molecule has 0 aliphatic rings. The Morgan fingerprint density at radius 2 is 1.76 bits per heavy atom. The average molecular weight is 285 g/mol. The van der Waals surface area contributed by atoms with Crippen molar-refractivity contribution in [3.8, 4) is 0 Å². The van der Waals surface area contributed by atoms with E-state index < -0.39 is 0 Å². The third-order valence-electron chi connectivity index (χ3n) is 2.17. The zero-order valence-corrected chi connectivity index (χ0v) is 11.2. The van der Waals surface area contributed by atoms with E-state index in [1.165, 1.54) is 0 Å². The van der Waals surface area contributed by atoms with Crippen molar-refractivity contribution in [2.24, 2.45) is 0 Å². The fourth-order valence-electron chi connectivity index (χ4n) is 1.27. The number of hydrogen-bond acceptors (Lipinski definition) is 3. The topological polar surface area (TPSA) is 38.9 Å². The van der Waals surface area contributed by atoms with Crippen molar-refractivity contribution in [3.05, 3.63) is 52.3 Å². The highest BCUT2D eigenvalue weighted by atomic mass is 35.5. The number of rotatable bonds is 3. The molecule has 1 heterocycles. The molecule has 2 rings (SSSR count). The summed E-state index contributed by atoms with van der Waals surface area (Å²) >= 11 is 13.4. The minimum Gasteiger partial charge on any atom is -0.399 e. The van der Waals surface area contributed by atoms with Crippen LogP contribution in [0.2, 0.25) is 10.3 Å². The SMILES string of the molecule is Nc1ccc(SCc2ccc(Cl)nc2Cl)cc1. The number of hydrogen-bond donors (Lipinski definition) is 1. The van der Waals surface area contributed by atoms with Crippen LogP contribution in [0.25, 0.3) is 0 Å². The van der Waals surface area contributed by atoms with Crippen molar-refractivity contribution in [1.29, 1.82) is 0 Å². The molecule has 0 aliphatic heterocycles. The van der Waals surface area contributed by atoms with E-state index in [0.29, 0.717) is 10.3 Å². The molecule has 1 aromatic carbocycles. The molecule has 5 heteroatoms. The molecule has 0 amide bonds. The van der Waals surface area contributed by atoms with Crippen molar-refractivity contribution in [3.63, 3.8) is 0 Å². The summed E-state index contributed by atoms with van der Waals surface area (Å²) in [5, 5.41) is 0.872. The lowest BCUT2D eigenvalue weighted by Crippen LogP contribution is -1.87. The lowest BCUT2D eigenvalue weighted by molar-refractivity contribution is 1.25. The van der Waals surface area contributed by atoms with E-state index in [-0.39, 0.29) is 0 Å². The highest BCUT2D eigenvalue weighted by Crippen LogP contribution is 2.27. The molecular weight excluding hydrogens is 275 g/mol. The number of halogens is 2. The first-order valence-electron chi connectivity index (χ1n) is 4.94. The van der Waals surface area contributed by atoms with Gasteiger partial charge in [-0.3, -0.25) is 0 Å². The Hall–Kier alpha value is -0.900.